The molecule has 0 spiro atoms. The molecule has 2 rings (SSSR count). The quantitative estimate of drug-likeness (QED) is 0.878. The third-order valence-corrected chi connectivity index (χ3v) is 2.69. The molecule has 1 N–H and O–H groups in total. The zero-order valence-corrected chi connectivity index (χ0v) is 10.5. The smallest absolute Gasteiger partial charge is 0.119 e. The summed E-state index contributed by atoms with van der Waals surface area (Å²) in [5.74, 6) is 0.868. The van der Waals surface area contributed by atoms with Crippen molar-refractivity contribution in [1.82, 2.24) is 4.98 Å². The van der Waals surface area contributed by atoms with Gasteiger partial charge in [0, 0.05) is 18.4 Å². The summed E-state index contributed by atoms with van der Waals surface area (Å²) in [6.45, 7) is 2.80. The molecule has 0 fully saturated rings. The van der Waals surface area contributed by atoms with Gasteiger partial charge in [-0.25, -0.2) is 0 Å². The van der Waals surface area contributed by atoms with Gasteiger partial charge in [-0.15, -0.1) is 0 Å². The molecule has 3 heteroatoms. The lowest BCUT2D eigenvalue weighted by molar-refractivity contribution is 0.299. The van der Waals surface area contributed by atoms with Gasteiger partial charge in [-0.1, -0.05) is 0 Å². The maximum absolute atomic E-state index is 8.94. The normalized spacial score (nSPS) is 10.3. The lowest BCUT2D eigenvalue weighted by Gasteiger charge is -2.06. The molecule has 1 aromatic heterocycles. The standard InChI is InChI=1S/C15H17NO2/c1-2-18-14-5-3-13(4-6-14)15-11-12(8-10-17)7-9-16-15/h3-7,9,11,17H,2,8,10H2,1H3. The summed E-state index contributed by atoms with van der Waals surface area (Å²) in [6, 6.07) is 11.8. The van der Waals surface area contributed by atoms with Crippen LogP contribution in [0.3, 0.4) is 0 Å². The zero-order chi connectivity index (χ0) is 12.8. The molecular formula is C15H17NO2. The number of aromatic nitrogens is 1. The molecule has 94 valence electrons. The molecule has 0 atom stereocenters. The average molecular weight is 243 g/mol. The number of aliphatic hydroxyl groups is 1. The van der Waals surface area contributed by atoms with Crippen molar-refractivity contribution < 1.29 is 9.84 Å². The monoisotopic (exact) mass is 243 g/mol. The summed E-state index contributed by atoms with van der Waals surface area (Å²) < 4.78 is 5.41. The van der Waals surface area contributed by atoms with E-state index in [1.165, 1.54) is 0 Å². The minimum Gasteiger partial charge on any atom is -0.494 e. The molecule has 0 amide bonds. The van der Waals surface area contributed by atoms with E-state index in [-0.39, 0.29) is 6.61 Å². The van der Waals surface area contributed by atoms with Crippen LogP contribution < -0.4 is 4.74 Å². The third kappa shape index (κ3) is 3.08. The molecule has 3 nitrogen and oxygen atoms in total. The Balaban J connectivity index is 2.22. The number of hydrogen-bond acceptors (Lipinski definition) is 3. The van der Waals surface area contributed by atoms with Gasteiger partial charge in [0.05, 0.1) is 12.3 Å². The number of nitrogens with zero attached hydrogens (tertiary/aromatic N) is 1. The lowest BCUT2D eigenvalue weighted by atomic mass is 10.1. The van der Waals surface area contributed by atoms with Crippen molar-refractivity contribution in [3.63, 3.8) is 0 Å². The first kappa shape index (κ1) is 12.6. The number of pyridine rings is 1. The van der Waals surface area contributed by atoms with Gasteiger partial charge in [-0.05, 0) is 55.3 Å². The van der Waals surface area contributed by atoms with Crippen LogP contribution in [0.2, 0.25) is 0 Å². The first-order chi connectivity index (χ1) is 8.83. The molecule has 0 saturated carbocycles. The number of aliphatic hydroxyl groups excluding tert-OH is 1. The van der Waals surface area contributed by atoms with Crippen LogP contribution in [0.15, 0.2) is 42.6 Å². The van der Waals surface area contributed by atoms with Crippen molar-refractivity contribution in [1.29, 1.82) is 0 Å². The fraction of sp³-hybridized carbons (Fsp3) is 0.267. The molecule has 1 aromatic carbocycles. The van der Waals surface area contributed by atoms with Crippen molar-refractivity contribution in [2.75, 3.05) is 13.2 Å². The van der Waals surface area contributed by atoms with Crippen LogP contribution in [0.25, 0.3) is 11.3 Å². The minimum absolute atomic E-state index is 0.159. The van der Waals surface area contributed by atoms with Crippen molar-refractivity contribution in [2.45, 2.75) is 13.3 Å². The van der Waals surface area contributed by atoms with Crippen molar-refractivity contribution in [2.24, 2.45) is 0 Å². The van der Waals surface area contributed by atoms with Gasteiger partial charge in [0.1, 0.15) is 5.75 Å². The summed E-state index contributed by atoms with van der Waals surface area (Å²) in [5, 5.41) is 8.94. The Labute approximate surface area is 107 Å². The van der Waals surface area contributed by atoms with Crippen LogP contribution >= 0.6 is 0 Å². The number of rotatable bonds is 5. The summed E-state index contributed by atoms with van der Waals surface area (Å²) in [7, 11) is 0. The van der Waals surface area contributed by atoms with Crippen molar-refractivity contribution in [3.8, 4) is 17.0 Å². The van der Waals surface area contributed by atoms with E-state index in [1.54, 1.807) is 6.20 Å². The first-order valence-electron chi connectivity index (χ1n) is 6.12. The number of ether oxygens (including phenoxy) is 1. The minimum atomic E-state index is 0.159. The largest absolute Gasteiger partial charge is 0.494 e. The predicted molar refractivity (Wildman–Crippen MR) is 71.6 cm³/mol. The molecule has 0 aliphatic heterocycles. The maximum atomic E-state index is 8.94. The summed E-state index contributed by atoms with van der Waals surface area (Å²) in [4.78, 5) is 4.35. The zero-order valence-electron chi connectivity index (χ0n) is 10.5. The molecule has 0 aliphatic carbocycles. The number of hydrogen-bond donors (Lipinski definition) is 1. The van der Waals surface area contributed by atoms with Crippen LogP contribution in [0.5, 0.6) is 5.75 Å². The van der Waals surface area contributed by atoms with E-state index in [9.17, 15) is 0 Å². The highest BCUT2D eigenvalue weighted by Crippen LogP contribution is 2.21. The fourth-order valence-corrected chi connectivity index (χ4v) is 1.81. The second kappa shape index (κ2) is 6.17. The Morgan fingerprint density at radius 3 is 2.61 bits per heavy atom. The number of benzene rings is 1. The highest BCUT2D eigenvalue weighted by molar-refractivity contribution is 5.60. The van der Waals surface area contributed by atoms with Gasteiger partial charge in [-0.2, -0.15) is 0 Å². The maximum Gasteiger partial charge on any atom is 0.119 e. The highest BCUT2D eigenvalue weighted by Gasteiger charge is 2.01. The van der Waals surface area contributed by atoms with Crippen LogP contribution in [-0.2, 0) is 6.42 Å². The van der Waals surface area contributed by atoms with E-state index in [2.05, 4.69) is 4.98 Å². The van der Waals surface area contributed by atoms with E-state index >= 15 is 0 Å². The summed E-state index contributed by atoms with van der Waals surface area (Å²) >= 11 is 0. The molecule has 0 bridgehead atoms. The van der Waals surface area contributed by atoms with Crippen LogP contribution in [-0.4, -0.2) is 23.3 Å². The molecule has 2 aromatic rings. The molecule has 0 unspecified atom stereocenters. The van der Waals surface area contributed by atoms with E-state index in [0.717, 1.165) is 22.6 Å². The molecule has 0 radical (unpaired) electrons. The Hall–Kier alpha value is -1.87. The topological polar surface area (TPSA) is 42.4 Å². The van der Waals surface area contributed by atoms with Gasteiger partial charge < -0.3 is 9.84 Å². The van der Waals surface area contributed by atoms with Crippen molar-refractivity contribution >= 4 is 0 Å². The van der Waals surface area contributed by atoms with Crippen LogP contribution in [0.4, 0.5) is 0 Å². The van der Waals surface area contributed by atoms with Gasteiger partial charge in [-0.3, -0.25) is 4.98 Å². The van der Waals surface area contributed by atoms with Crippen LogP contribution in [0.1, 0.15) is 12.5 Å². The van der Waals surface area contributed by atoms with Gasteiger partial charge in [0.2, 0.25) is 0 Å². The third-order valence-electron chi connectivity index (χ3n) is 2.69. The Morgan fingerprint density at radius 2 is 1.94 bits per heavy atom. The van der Waals surface area contributed by atoms with Gasteiger partial charge in [0.25, 0.3) is 0 Å². The Kier molecular flexibility index (Phi) is 4.31. The Morgan fingerprint density at radius 1 is 1.17 bits per heavy atom. The lowest BCUT2D eigenvalue weighted by Crippen LogP contribution is -1.93. The second-order valence-corrected chi connectivity index (χ2v) is 3.98. The van der Waals surface area contributed by atoms with Crippen molar-refractivity contribution in [3.05, 3.63) is 48.2 Å². The summed E-state index contributed by atoms with van der Waals surface area (Å²) in [6.07, 6.45) is 2.43. The predicted octanol–water partition coefficient (Wildman–Crippen LogP) is 2.68. The molecule has 0 aliphatic rings. The van der Waals surface area contributed by atoms with E-state index in [4.69, 9.17) is 9.84 Å². The van der Waals surface area contributed by atoms with Gasteiger partial charge in [0.15, 0.2) is 0 Å². The van der Waals surface area contributed by atoms with Gasteiger partial charge >= 0.3 is 0 Å². The highest BCUT2D eigenvalue weighted by atomic mass is 16.5. The van der Waals surface area contributed by atoms with E-state index < -0.39 is 0 Å². The molecule has 1 heterocycles. The SMILES string of the molecule is CCOc1ccc(-c2cc(CCO)ccn2)cc1. The van der Waals surface area contributed by atoms with E-state index in [0.29, 0.717) is 13.0 Å². The Bertz CT molecular complexity index is 494. The average Bonchev–Trinajstić information content (AvgIpc) is 2.41. The van der Waals surface area contributed by atoms with E-state index in [1.807, 2.05) is 43.3 Å². The summed E-state index contributed by atoms with van der Waals surface area (Å²) in [5.41, 5.74) is 3.07. The molecule has 0 saturated heterocycles. The second-order valence-electron chi connectivity index (χ2n) is 3.98. The molecule has 18 heavy (non-hydrogen) atoms. The first-order valence-corrected chi connectivity index (χ1v) is 6.12. The fourth-order valence-electron chi connectivity index (χ4n) is 1.81. The molecular weight excluding hydrogens is 226 g/mol. The van der Waals surface area contributed by atoms with Crippen LogP contribution in [0, 0.1) is 0 Å².